The van der Waals surface area contributed by atoms with E-state index in [4.69, 9.17) is 28.2 Å². The van der Waals surface area contributed by atoms with Gasteiger partial charge < -0.3 is 5.32 Å². The minimum atomic E-state index is -0.310. The number of hydrogen-bond acceptors (Lipinski definition) is 4. The normalized spacial score (nSPS) is 12.9. The van der Waals surface area contributed by atoms with Crippen LogP contribution in [0.2, 0.25) is 10.0 Å². The summed E-state index contributed by atoms with van der Waals surface area (Å²) in [5, 5.41) is 4.39. The summed E-state index contributed by atoms with van der Waals surface area (Å²) in [6.45, 7) is 0.307. The number of anilines is 2. The molecule has 0 bridgehead atoms. The van der Waals surface area contributed by atoms with E-state index in [-0.39, 0.29) is 11.8 Å². The van der Waals surface area contributed by atoms with Crippen LogP contribution in [-0.2, 0) is 6.54 Å². The molecule has 1 N–H and O–H groups in total. The first-order valence-corrected chi connectivity index (χ1v) is 12.6. The molecule has 0 saturated carbocycles. The molecule has 1 aliphatic rings. The van der Waals surface area contributed by atoms with E-state index in [0.717, 1.165) is 25.4 Å². The van der Waals surface area contributed by atoms with Crippen molar-refractivity contribution in [1.82, 2.24) is 10.3 Å². The Bertz CT molecular complexity index is 1360. The van der Waals surface area contributed by atoms with Gasteiger partial charge >= 0.3 is 6.03 Å². The van der Waals surface area contributed by atoms with Crippen molar-refractivity contribution in [2.75, 3.05) is 4.90 Å². The Balaban J connectivity index is 1.40. The highest BCUT2D eigenvalue weighted by molar-refractivity contribution is 8.00. The molecule has 4 aromatic rings. The van der Waals surface area contributed by atoms with E-state index in [1.54, 1.807) is 42.1 Å². The molecule has 34 heavy (non-hydrogen) atoms. The Morgan fingerprint density at radius 1 is 0.853 bits per heavy atom. The van der Waals surface area contributed by atoms with Crippen LogP contribution in [0.25, 0.3) is 0 Å². The maximum atomic E-state index is 13.2. The summed E-state index contributed by atoms with van der Waals surface area (Å²) in [5.74, 6) is -0.251. The van der Waals surface area contributed by atoms with E-state index in [1.807, 2.05) is 30.3 Å². The lowest BCUT2D eigenvalue weighted by atomic mass is 10.2. The summed E-state index contributed by atoms with van der Waals surface area (Å²) < 4.78 is 13.2. The summed E-state index contributed by atoms with van der Waals surface area (Å²) in [4.78, 5) is 21.9. The average molecular weight is 528 g/mol. The van der Waals surface area contributed by atoms with Crippen LogP contribution in [-0.4, -0.2) is 11.0 Å². The number of para-hydroxylation sites is 1. The number of pyridine rings is 1. The Morgan fingerprint density at radius 2 is 1.53 bits per heavy atom. The number of amides is 2. The van der Waals surface area contributed by atoms with Gasteiger partial charge in [-0.3, -0.25) is 4.90 Å². The zero-order chi connectivity index (χ0) is 23.7. The molecule has 170 valence electrons. The second kappa shape index (κ2) is 9.88. The van der Waals surface area contributed by atoms with Gasteiger partial charge in [-0.2, -0.15) is 0 Å². The van der Waals surface area contributed by atoms with Crippen LogP contribution >= 0.6 is 46.7 Å². The predicted octanol–water partition coefficient (Wildman–Crippen LogP) is 8.19. The largest absolute Gasteiger partial charge is 0.332 e. The number of hydrogen-bond donors (Lipinski definition) is 1. The second-order valence-corrected chi connectivity index (χ2v) is 10.4. The van der Waals surface area contributed by atoms with Crippen molar-refractivity contribution < 1.29 is 9.18 Å². The smallest absolute Gasteiger partial charge is 0.326 e. The standard InChI is InChI=1S/C25H16Cl2FN3OS2/c26-19-5-2-6-20(27)24(19)31-22-11-12-23(30-21(22)14-29-25(31)32)34-18-4-1-3-17(13-18)33-16-9-7-15(28)8-10-16/h1-13H,14H2,(H,29,32). The van der Waals surface area contributed by atoms with Crippen molar-refractivity contribution in [3.8, 4) is 0 Å². The molecule has 4 nitrogen and oxygen atoms in total. The molecular weight excluding hydrogens is 512 g/mol. The molecule has 0 fully saturated rings. The molecule has 2 amide bonds. The zero-order valence-corrected chi connectivity index (χ0v) is 20.6. The third-order valence-corrected chi connectivity index (χ3v) is 7.55. The third kappa shape index (κ3) is 4.88. The number of aromatic nitrogens is 1. The van der Waals surface area contributed by atoms with Gasteiger partial charge in [0.05, 0.1) is 33.7 Å². The van der Waals surface area contributed by atoms with Crippen molar-refractivity contribution >= 4 is 64.1 Å². The summed E-state index contributed by atoms with van der Waals surface area (Å²) in [7, 11) is 0. The first-order chi connectivity index (χ1) is 16.5. The first-order valence-electron chi connectivity index (χ1n) is 10.2. The van der Waals surface area contributed by atoms with E-state index >= 15 is 0 Å². The second-order valence-electron chi connectivity index (χ2n) is 7.31. The van der Waals surface area contributed by atoms with E-state index in [1.165, 1.54) is 28.8 Å². The van der Waals surface area contributed by atoms with Crippen LogP contribution < -0.4 is 10.2 Å². The van der Waals surface area contributed by atoms with Crippen LogP contribution in [0, 0.1) is 5.82 Å². The first kappa shape index (κ1) is 23.1. The van der Waals surface area contributed by atoms with Gasteiger partial charge in [0.15, 0.2) is 0 Å². The van der Waals surface area contributed by atoms with Gasteiger partial charge in [-0.25, -0.2) is 14.2 Å². The highest BCUT2D eigenvalue weighted by atomic mass is 35.5. The molecule has 0 saturated heterocycles. The summed E-state index contributed by atoms with van der Waals surface area (Å²) in [6, 6.07) is 23.0. The molecule has 5 rings (SSSR count). The summed E-state index contributed by atoms with van der Waals surface area (Å²) >= 11 is 15.8. The zero-order valence-electron chi connectivity index (χ0n) is 17.5. The van der Waals surface area contributed by atoms with Gasteiger partial charge in [0.25, 0.3) is 0 Å². The van der Waals surface area contributed by atoms with Gasteiger partial charge in [-0.15, -0.1) is 0 Å². The minimum absolute atomic E-state index is 0.251. The van der Waals surface area contributed by atoms with Gasteiger partial charge in [0.1, 0.15) is 10.8 Å². The lowest BCUT2D eigenvalue weighted by Crippen LogP contribution is -2.41. The topological polar surface area (TPSA) is 45.2 Å². The van der Waals surface area contributed by atoms with Crippen LogP contribution in [0.5, 0.6) is 0 Å². The molecule has 9 heteroatoms. The van der Waals surface area contributed by atoms with Crippen LogP contribution in [0.1, 0.15) is 5.69 Å². The molecule has 1 aromatic heterocycles. The minimum Gasteiger partial charge on any atom is -0.332 e. The Kier molecular flexibility index (Phi) is 6.70. The monoisotopic (exact) mass is 527 g/mol. The predicted molar refractivity (Wildman–Crippen MR) is 136 cm³/mol. The summed E-state index contributed by atoms with van der Waals surface area (Å²) in [6.07, 6.45) is 0. The van der Waals surface area contributed by atoms with E-state index in [9.17, 15) is 9.18 Å². The van der Waals surface area contributed by atoms with Gasteiger partial charge in [-0.1, -0.05) is 58.9 Å². The fourth-order valence-electron chi connectivity index (χ4n) is 3.50. The van der Waals surface area contributed by atoms with Gasteiger partial charge in [-0.05, 0) is 66.7 Å². The average Bonchev–Trinajstić information content (AvgIpc) is 2.82. The van der Waals surface area contributed by atoms with Gasteiger partial charge in [0, 0.05) is 14.7 Å². The molecule has 3 aromatic carbocycles. The Morgan fingerprint density at radius 3 is 2.26 bits per heavy atom. The highest BCUT2D eigenvalue weighted by Gasteiger charge is 2.29. The number of carbonyl (C=O) groups is 1. The molecule has 0 atom stereocenters. The number of rotatable bonds is 5. The molecule has 2 heterocycles. The molecule has 0 radical (unpaired) electrons. The quantitative estimate of drug-likeness (QED) is 0.284. The van der Waals surface area contributed by atoms with Crippen molar-refractivity contribution in [3.63, 3.8) is 0 Å². The van der Waals surface area contributed by atoms with Gasteiger partial charge in [0.2, 0.25) is 0 Å². The highest BCUT2D eigenvalue weighted by Crippen LogP contribution is 2.41. The van der Waals surface area contributed by atoms with Crippen molar-refractivity contribution in [3.05, 3.63) is 100 Å². The van der Waals surface area contributed by atoms with E-state index in [0.29, 0.717) is 28.0 Å². The lowest BCUT2D eigenvalue weighted by molar-refractivity contribution is 0.246. The maximum Gasteiger partial charge on any atom is 0.326 e. The Labute approximate surface area is 214 Å². The van der Waals surface area contributed by atoms with Crippen LogP contribution in [0.15, 0.2) is 98.6 Å². The van der Waals surface area contributed by atoms with Crippen molar-refractivity contribution in [2.24, 2.45) is 0 Å². The number of urea groups is 1. The van der Waals surface area contributed by atoms with Crippen molar-refractivity contribution in [2.45, 2.75) is 26.3 Å². The maximum absolute atomic E-state index is 13.2. The molecule has 0 aliphatic carbocycles. The van der Waals surface area contributed by atoms with Crippen LogP contribution in [0.3, 0.4) is 0 Å². The SMILES string of the molecule is O=C1NCc2nc(Sc3cccc(Sc4ccc(F)cc4)c3)ccc2N1c1c(Cl)cccc1Cl. The fraction of sp³-hybridized carbons (Fsp3) is 0.0400. The van der Waals surface area contributed by atoms with E-state index in [2.05, 4.69) is 11.4 Å². The number of fused-ring (bicyclic) bond motifs is 1. The summed E-state index contributed by atoms with van der Waals surface area (Å²) in [5.41, 5.74) is 1.79. The lowest BCUT2D eigenvalue weighted by Gasteiger charge is -2.30. The van der Waals surface area contributed by atoms with E-state index < -0.39 is 0 Å². The van der Waals surface area contributed by atoms with Crippen LogP contribution in [0.4, 0.5) is 20.6 Å². The third-order valence-electron chi connectivity index (χ3n) is 5.01. The molecular formula is C25H16Cl2FN3OS2. The fourth-order valence-corrected chi connectivity index (χ4v) is 5.88. The number of nitrogens with zero attached hydrogens (tertiary/aromatic N) is 2. The number of benzene rings is 3. The number of halogens is 3. The number of nitrogens with one attached hydrogen (secondary N) is 1. The van der Waals surface area contributed by atoms with Crippen molar-refractivity contribution in [1.29, 1.82) is 0 Å². The molecule has 1 aliphatic heterocycles. The molecule has 0 unspecified atom stereocenters. The number of carbonyl (C=O) groups excluding carboxylic acids is 1. The Hall–Kier alpha value is -2.71. The molecule has 0 spiro atoms.